The number of carbonyl (C=O) groups is 1. The summed E-state index contributed by atoms with van der Waals surface area (Å²) in [5, 5.41) is 0. The van der Waals surface area contributed by atoms with Gasteiger partial charge in [-0.3, -0.25) is 4.79 Å². The molecule has 1 saturated heterocycles. The van der Waals surface area contributed by atoms with E-state index < -0.39 is 0 Å². The number of nitrogens with one attached hydrogen (secondary N) is 1. The summed E-state index contributed by atoms with van der Waals surface area (Å²) in [5.74, 6) is 1.81. The van der Waals surface area contributed by atoms with E-state index in [0.717, 1.165) is 41.9 Å². The summed E-state index contributed by atoms with van der Waals surface area (Å²) >= 11 is 0. The minimum absolute atomic E-state index is 0.0404. The molecule has 0 radical (unpaired) electrons. The fourth-order valence-electron chi connectivity index (χ4n) is 3.17. The smallest absolute Gasteiger partial charge is 0.254 e. The second-order valence-corrected chi connectivity index (χ2v) is 5.74. The van der Waals surface area contributed by atoms with Crippen LogP contribution < -0.4 is 0 Å². The second kappa shape index (κ2) is 5.02. The average molecular weight is 295 g/mol. The zero-order valence-electron chi connectivity index (χ0n) is 12.4. The summed E-state index contributed by atoms with van der Waals surface area (Å²) in [5.41, 5.74) is 2.44. The Morgan fingerprint density at radius 3 is 3.09 bits per heavy atom. The number of amides is 1. The van der Waals surface area contributed by atoms with Crippen molar-refractivity contribution in [3.63, 3.8) is 0 Å². The van der Waals surface area contributed by atoms with E-state index >= 15 is 0 Å². The first-order valence-electron chi connectivity index (χ1n) is 7.53. The van der Waals surface area contributed by atoms with Crippen LogP contribution in [0.1, 0.15) is 40.8 Å². The van der Waals surface area contributed by atoms with Gasteiger partial charge in [0.15, 0.2) is 0 Å². The van der Waals surface area contributed by atoms with Crippen LogP contribution in [0.15, 0.2) is 41.1 Å². The van der Waals surface area contributed by atoms with Crippen LogP contribution in [0.4, 0.5) is 0 Å². The first-order valence-corrected chi connectivity index (χ1v) is 7.53. The lowest BCUT2D eigenvalue weighted by atomic mass is 10.1. The van der Waals surface area contributed by atoms with Gasteiger partial charge in [0, 0.05) is 12.1 Å². The average Bonchev–Trinajstić information content (AvgIpc) is 3.25. The van der Waals surface area contributed by atoms with E-state index in [-0.39, 0.29) is 11.9 Å². The molecule has 1 aromatic carbocycles. The fraction of sp³-hybridized carbons (Fsp3) is 0.294. The van der Waals surface area contributed by atoms with Crippen LogP contribution in [-0.4, -0.2) is 27.3 Å². The van der Waals surface area contributed by atoms with Gasteiger partial charge in [0.25, 0.3) is 5.91 Å². The highest BCUT2D eigenvalue weighted by atomic mass is 16.3. The van der Waals surface area contributed by atoms with Gasteiger partial charge < -0.3 is 14.3 Å². The number of carbonyl (C=O) groups excluding carboxylic acids is 1. The topological polar surface area (TPSA) is 62.1 Å². The Kier molecular flexibility index (Phi) is 2.99. The minimum atomic E-state index is 0.0404. The Labute approximate surface area is 127 Å². The van der Waals surface area contributed by atoms with E-state index in [0.29, 0.717) is 5.56 Å². The molecule has 1 unspecified atom stereocenters. The van der Waals surface area contributed by atoms with Crippen molar-refractivity contribution in [2.24, 2.45) is 0 Å². The molecule has 1 aliphatic heterocycles. The Morgan fingerprint density at radius 2 is 2.27 bits per heavy atom. The molecule has 22 heavy (non-hydrogen) atoms. The van der Waals surface area contributed by atoms with Crippen molar-refractivity contribution in [2.75, 3.05) is 6.54 Å². The number of aryl methyl sites for hydroxylation is 1. The van der Waals surface area contributed by atoms with Gasteiger partial charge in [-0.1, -0.05) is 0 Å². The van der Waals surface area contributed by atoms with E-state index in [2.05, 4.69) is 9.97 Å². The zero-order chi connectivity index (χ0) is 15.1. The van der Waals surface area contributed by atoms with Gasteiger partial charge in [0.1, 0.15) is 11.5 Å². The van der Waals surface area contributed by atoms with Crippen LogP contribution in [0.5, 0.6) is 0 Å². The van der Waals surface area contributed by atoms with Crippen molar-refractivity contribution >= 4 is 16.9 Å². The predicted octanol–water partition coefficient (Wildman–Crippen LogP) is 3.44. The third-order valence-electron chi connectivity index (χ3n) is 4.27. The van der Waals surface area contributed by atoms with Crippen molar-refractivity contribution in [1.82, 2.24) is 14.9 Å². The highest BCUT2D eigenvalue weighted by Gasteiger charge is 2.32. The number of aromatic amines is 1. The Morgan fingerprint density at radius 1 is 1.36 bits per heavy atom. The third-order valence-corrected chi connectivity index (χ3v) is 4.27. The monoisotopic (exact) mass is 295 g/mol. The third kappa shape index (κ3) is 2.09. The van der Waals surface area contributed by atoms with Crippen molar-refractivity contribution in [3.05, 3.63) is 53.7 Å². The summed E-state index contributed by atoms with van der Waals surface area (Å²) in [6.45, 7) is 2.70. The number of furan rings is 1. The van der Waals surface area contributed by atoms with Gasteiger partial charge in [-0.15, -0.1) is 0 Å². The maximum Gasteiger partial charge on any atom is 0.254 e. The molecule has 1 N–H and O–H groups in total. The number of aromatic nitrogens is 2. The maximum atomic E-state index is 12.9. The standard InChI is InChI=1S/C17H17N3O2/c1-11-4-7-16(22-11)15-3-2-8-20(15)17(21)12-5-6-13-14(9-12)19-10-18-13/h4-7,9-10,15H,2-3,8H2,1H3,(H,18,19). The number of benzene rings is 1. The molecule has 1 atom stereocenters. The normalized spacial score (nSPS) is 18.2. The lowest BCUT2D eigenvalue weighted by Gasteiger charge is -2.23. The fourth-order valence-corrected chi connectivity index (χ4v) is 3.17. The molecule has 112 valence electrons. The number of hydrogen-bond acceptors (Lipinski definition) is 3. The first-order chi connectivity index (χ1) is 10.7. The van der Waals surface area contributed by atoms with Gasteiger partial charge in [-0.2, -0.15) is 0 Å². The number of nitrogens with zero attached hydrogens (tertiary/aromatic N) is 2. The van der Waals surface area contributed by atoms with Crippen molar-refractivity contribution < 1.29 is 9.21 Å². The minimum Gasteiger partial charge on any atom is -0.464 e. The van der Waals surface area contributed by atoms with Gasteiger partial charge in [-0.25, -0.2) is 4.98 Å². The second-order valence-electron chi connectivity index (χ2n) is 5.74. The largest absolute Gasteiger partial charge is 0.464 e. The molecular formula is C17H17N3O2. The van der Waals surface area contributed by atoms with E-state index in [1.54, 1.807) is 6.33 Å². The molecule has 2 aromatic heterocycles. The predicted molar refractivity (Wildman–Crippen MR) is 82.6 cm³/mol. The van der Waals surface area contributed by atoms with E-state index in [4.69, 9.17) is 4.42 Å². The summed E-state index contributed by atoms with van der Waals surface area (Å²) in [4.78, 5) is 22.0. The number of rotatable bonds is 2. The van der Waals surface area contributed by atoms with Gasteiger partial charge in [0.05, 0.1) is 23.4 Å². The Balaban J connectivity index is 1.65. The SMILES string of the molecule is Cc1ccc(C2CCCN2C(=O)c2ccc3nc[nH]c3c2)o1. The molecule has 3 heterocycles. The van der Waals surface area contributed by atoms with Crippen molar-refractivity contribution in [3.8, 4) is 0 Å². The molecule has 1 amide bonds. The van der Waals surface area contributed by atoms with Gasteiger partial charge in [-0.05, 0) is 50.1 Å². The number of imidazole rings is 1. The molecule has 3 aromatic rings. The van der Waals surface area contributed by atoms with Crippen LogP contribution >= 0.6 is 0 Å². The molecule has 5 heteroatoms. The number of likely N-dealkylation sites (tertiary alicyclic amines) is 1. The summed E-state index contributed by atoms with van der Waals surface area (Å²) in [6, 6.07) is 9.55. The van der Waals surface area contributed by atoms with Crippen LogP contribution in [0.2, 0.25) is 0 Å². The number of H-pyrrole nitrogens is 1. The van der Waals surface area contributed by atoms with Crippen LogP contribution in [0.25, 0.3) is 11.0 Å². The molecule has 0 saturated carbocycles. The van der Waals surface area contributed by atoms with Crippen molar-refractivity contribution in [1.29, 1.82) is 0 Å². The summed E-state index contributed by atoms with van der Waals surface area (Å²) in [7, 11) is 0. The molecule has 1 aliphatic rings. The van der Waals surface area contributed by atoms with E-state index in [9.17, 15) is 4.79 Å². The molecule has 0 spiro atoms. The number of fused-ring (bicyclic) bond motifs is 1. The first kappa shape index (κ1) is 13.1. The quantitative estimate of drug-likeness (QED) is 0.787. The van der Waals surface area contributed by atoms with Crippen molar-refractivity contribution in [2.45, 2.75) is 25.8 Å². The molecule has 0 bridgehead atoms. The van der Waals surface area contributed by atoms with Gasteiger partial charge in [0.2, 0.25) is 0 Å². The number of hydrogen-bond donors (Lipinski definition) is 1. The zero-order valence-corrected chi connectivity index (χ0v) is 12.4. The maximum absolute atomic E-state index is 12.9. The highest BCUT2D eigenvalue weighted by molar-refractivity contribution is 5.97. The van der Waals surface area contributed by atoms with Gasteiger partial charge >= 0.3 is 0 Å². The lowest BCUT2D eigenvalue weighted by molar-refractivity contribution is 0.0719. The summed E-state index contributed by atoms with van der Waals surface area (Å²) in [6.07, 6.45) is 3.59. The summed E-state index contributed by atoms with van der Waals surface area (Å²) < 4.78 is 5.73. The van der Waals surface area contributed by atoms with E-state index in [1.807, 2.05) is 42.2 Å². The van der Waals surface area contributed by atoms with Crippen LogP contribution in [0.3, 0.4) is 0 Å². The molecule has 4 rings (SSSR count). The lowest BCUT2D eigenvalue weighted by Crippen LogP contribution is -2.30. The Bertz CT molecular complexity index is 833. The van der Waals surface area contributed by atoms with E-state index in [1.165, 1.54) is 0 Å². The molecule has 5 nitrogen and oxygen atoms in total. The highest BCUT2D eigenvalue weighted by Crippen LogP contribution is 2.34. The van der Waals surface area contributed by atoms with Crippen LogP contribution in [0, 0.1) is 6.92 Å². The van der Waals surface area contributed by atoms with Crippen LogP contribution in [-0.2, 0) is 0 Å². The molecule has 1 fully saturated rings. The molecular weight excluding hydrogens is 278 g/mol. The molecule has 0 aliphatic carbocycles. The Hall–Kier alpha value is -2.56.